The molecule has 1 aromatic rings. The molecule has 1 aliphatic heterocycles. The van der Waals surface area contributed by atoms with Crippen LogP contribution in [0, 0.1) is 5.92 Å². The zero-order chi connectivity index (χ0) is 16.1. The number of likely N-dealkylation sites (tertiary alicyclic amines) is 1. The summed E-state index contributed by atoms with van der Waals surface area (Å²) in [4.78, 5) is 25.5. The number of nitrogens with two attached hydrogens (primary N) is 1. The SMILES string of the molecule is CC(=O)NCc1ccc(C(=O)N2CCCC(C)C2CN)cc1. The molecule has 120 valence electrons. The van der Waals surface area contributed by atoms with E-state index in [2.05, 4.69) is 12.2 Å². The number of piperidine rings is 1. The number of carbonyl (C=O) groups excluding carboxylic acids is 2. The highest BCUT2D eigenvalue weighted by molar-refractivity contribution is 5.94. The first kappa shape index (κ1) is 16.5. The summed E-state index contributed by atoms with van der Waals surface area (Å²) in [6.45, 7) is 5.41. The van der Waals surface area contributed by atoms with Crippen LogP contribution in [0.5, 0.6) is 0 Å². The fourth-order valence-electron chi connectivity index (χ4n) is 3.02. The van der Waals surface area contributed by atoms with Crippen molar-refractivity contribution in [2.75, 3.05) is 13.1 Å². The Bertz CT molecular complexity index is 527. The predicted octanol–water partition coefficient (Wildman–Crippen LogP) is 1.52. The van der Waals surface area contributed by atoms with Gasteiger partial charge in [-0.25, -0.2) is 0 Å². The van der Waals surface area contributed by atoms with Crippen LogP contribution in [-0.2, 0) is 11.3 Å². The summed E-state index contributed by atoms with van der Waals surface area (Å²) < 4.78 is 0. The largest absolute Gasteiger partial charge is 0.352 e. The first-order valence-corrected chi connectivity index (χ1v) is 7.87. The highest BCUT2D eigenvalue weighted by atomic mass is 16.2. The van der Waals surface area contributed by atoms with E-state index in [1.807, 2.05) is 29.2 Å². The summed E-state index contributed by atoms with van der Waals surface area (Å²) in [5.41, 5.74) is 7.52. The molecule has 0 aliphatic carbocycles. The Hall–Kier alpha value is -1.88. The van der Waals surface area contributed by atoms with Crippen molar-refractivity contribution in [3.63, 3.8) is 0 Å². The van der Waals surface area contributed by atoms with Crippen LogP contribution in [-0.4, -0.2) is 35.8 Å². The van der Waals surface area contributed by atoms with Gasteiger partial charge >= 0.3 is 0 Å². The molecule has 1 fully saturated rings. The van der Waals surface area contributed by atoms with Crippen LogP contribution in [0.3, 0.4) is 0 Å². The summed E-state index contributed by atoms with van der Waals surface area (Å²) in [6.07, 6.45) is 2.16. The number of benzene rings is 1. The van der Waals surface area contributed by atoms with Gasteiger partial charge in [-0.3, -0.25) is 9.59 Å². The average molecular weight is 303 g/mol. The van der Waals surface area contributed by atoms with E-state index in [9.17, 15) is 9.59 Å². The van der Waals surface area contributed by atoms with Crippen LogP contribution >= 0.6 is 0 Å². The number of carbonyl (C=O) groups is 2. The summed E-state index contributed by atoms with van der Waals surface area (Å²) in [7, 11) is 0. The molecule has 5 nitrogen and oxygen atoms in total. The van der Waals surface area contributed by atoms with Crippen molar-refractivity contribution in [2.24, 2.45) is 11.7 Å². The molecule has 2 amide bonds. The smallest absolute Gasteiger partial charge is 0.254 e. The number of rotatable bonds is 4. The van der Waals surface area contributed by atoms with Crippen molar-refractivity contribution < 1.29 is 9.59 Å². The molecule has 2 unspecified atom stereocenters. The lowest BCUT2D eigenvalue weighted by Gasteiger charge is -2.39. The van der Waals surface area contributed by atoms with E-state index < -0.39 is 0 Å². The zero-order valence-corrected chi connectivity index (χ0v) is 13.3. The Morgan fingerprint density at radius 1 is 1.32 bits per heavy atom. The first-order chi connectivity index (χ1) is 10.5. The molecule has 2 atom stereocenters. The van der Waals surface area contributed by atoms with Crippen molar-refractivity contribution in [1.82, 2.24) is 10.2 Å². The number of nitrogens with zero attached hydrogens (tertiary/aromatic N) is 1. The Balaban J connectivity index is 2.06. The minimum absolute atomic E-state index is 0.0491. The minimum atomic E-state index is -0.0618. The minimum Gasteiger partial charge on any atom is -0.352 e. The van der Waals surface area contributed by atoms with Crippen LogP contribution in [0.25, 0.3) is 0 Å². The number of nitrogens with one attached hydrogen (secondary N) is 1. The molecule has 0 saturated carbocycles. The number of amides is 2. The van der Waals surface area contributed by atoms with Crippen molar-refractivity contribution >= 4 is 11.8 Å². The lowest BCUT2D eigenvalue weighted by atomic mass is 9.90. The van der Waals surface area contributed by atoms with E-state index in [1.54, 1.807) is 0 Å². The maximum Gasteiger partial charge on any atom is 0.254 e. The number of hydrogen-bond acceptors (Lipinski definition) is 3. The van der Waals surface area contributed by atoms with Crippen LogP contribution in [0.2, 0.25) is 0 Å². The third-order valence-electron chi connectivity index (χ3n) is 4.36. The van der Waals surface area contributed by atoms with E-state index in [4.69, 9.17) is 5.73 Å². The van der Waals surface area contributed by atoms with E-state index in [1.165, 1.54) is 6.92 Å². The molecule has 0 aromatic heterocycles. The molecule has 0 spiro atoms. The fraction of sp³-hybridized carbons (Fsp3) is 0.529. The van der Waals surface area contributed by atoms with Crippen molar-refractivity contribution in [2.45, 2.75) is 39.3 Å². The monoisotopic (exact) mass is 303 g/mol. The van der Waals surface area contributed by atoms with Gasteiger partial charge in [0.2, 0.25) is 5.91 Å². The third kappa shape index (κ3) is 3.85. The molecule has 3 N–H and O–H groups in total. The summed E-state index contributed by atoms with van der Waals surface area (Å²) in [5.74, 6) is 0.433. The normalized spacial score (nSPS) is 21.5. The molecular formula is C17H25N3O2. The lowest BCUT2D eigenvalue weighted by molar-refractivity contribution is -0.119. The van der Waals surface area contributed by atoms with E-state index in [-0.39, 0.29) is 17.9 Å². The van der Waals surface area contributed by atoms with Gasteiger partial charge in [0, 0.05) is 38.2 Å². The lowest BCUT2D eigenvalue weighted by Crippen LogP contribution is -2.51. The van der Waals surface area contributed by atoms with Gasteiger partial charge in [-0.2, -0.15) is 0 Å². The van der Waals surface area contributed by atoms with E-state index in [0.717, 1.165) is 24.9 Å². The molecule has 1 aromatic carbocycles. The summed E-state index contributed by atoms with van der Waals surface area (Å²) in [5, 5.41) is 2.75. The molecule has 1 heterocycles. The molecule has 5 heteroatoms. The van der Waals surface area contributed by atoms with Gasteiger partial charge in [0.1, 0.15) is 0 Å². The van der Waals surface area contributed by atoms with E-state index >= 15 is 0 Å². The Labute approximate surface area is 131 Å². The predicted molar refractivity (Wildman–Crippen MR) is 86.2 cm³/mol. The maximum atomic E-state index is 12.7. The Morgan fingerprint density at radius 2 is 2.00 bits per heavy atom. The molecule has 0 radical (unpaired) electrons. The van der Waals surface area contributed by atoms with Crippen LogP contribution in [0.4, 0.5) is 0 Å². The molecule has 0 bridgehead atoms. The summed E-state index contributed by atoms with van der Waals surface area (Å²) >= 11 is 0. The third-order valence-corrected chi connectivity index (χ3v) is 4.36. The van der Waals surface area contributed by atoms with Gasteiger partial charge < -0.3 is 16.0 Å². The van der Waals surface area contributed by atoms with Gasteiger partial charge in [0.05, 0.1) is 0 Å². The Kier molecular flexibility index (Phi) is 5.55. The van der Waals surface area contributed by atoms with Crippen LogP contribution < -0.4 is 11.1 Å². The van der Waals surface area contributed by atoms with Crippen molar-refractivity contribution in [3.05, 3.63) is 35.4 Å². The highest BCUT2D eigenvalue weighted by Gasteiger charge is 2.31. The van der Waals surface area contributed by atoms with Crippen molar-refractivity contribution in [3.8, 4) is 0 Å². The fourth-order valence-corrected chi connectivity index (χ4v) is 3.02. The second kappa shape index (κ2) is 7.40. The second-order valence-corrected chi connectivity index (χ2v) is 6.03. The molecule has 1 aliphatic rings. The highest BCUT2D eigenvalue weighted by Crippen LogP contribution is 2.24. The zero-order valence-electron chi connectivity index (χ0n) is 13.3. The quantitative estimate of drug-likeness (QED) is 0.885. The van der Waals surface area contributed by atoms with Gasteiger partial charge in [-0.1, -0.05) is 19.1 Å². The molecule has 2 rings (SSSR count). The van der Waals surface area contributed by atoms with Gasteiger partial charge in [-0.05, 0) is 36.5 Å². The van der Waals surface area contributed by atoms with E-state index in [0.29, 0.717) is 24.6 Å². The standard InChI is InChI=1S/C17H25N3O2/c1-12-4-3-9-20(16(12)10-18)17(22)15-7-5-14(6-8-15)11-19-13(2)21/h5-8,12,16H,3-4,9-11,18H2,1-2H3,(H,19,21). The average Bonchev–Trinajstić information content (AvgIpc) is 2.52. The van der Waals surface area contributed by atoms with Crippen LogP contribution in [0.15, 0.2) is 24.3 Å². The Morgan fingerprint density at radius 3 is 2.59 bits per heavy atom. The molecule has 22 heavy (non-hydrogen) atoms. The second-order valence-electron chi connectivity index (χ2n) is 6.03. The topological polar surface area (TPSA) is 75.4 Å². The van der Waals surface area contributed by atoms with Gasteiger partial charge in [0.15, 0.2) is 0 Å². The van der Waals surface area contributed by atoms with Crippen molar-refractivity contribution in [1.29, 1.82) is 0 Å². The van der Waals surface area contributed by atoms with Crippen LogP contribution in [0.1, 0.15) is 42.6 Å². The maximum absolute atomic E-state index is 12.7. The first-order valence-electron chi connectivity index (χ1n) is 7.87. The molecule has 1 saturated heterocycles. The molecular weight excluding hydrogens is 278 g/mol. The van der Waals surface area contributed by atoms with Gasteiger partial charge in [-0.15, -0.1) is 0 Å². The number of hydrogen-bond donors (Lipinski definition) is 2. The van der Waals surface area contributed by atoms with Gasteiger partial charge in [0.25, 0.3) is 5.91 Å². The summed E-state index contributed by atoms with van der Waals surface area (Å²) in [6, 6.07) is 7.54.